The van der Waals surface area contributed by atoms with Gasteiger partial charge in [-0.05, 0) is 86.8 Å². The molecular formula is C61H81ClF2N15O7+. The lowest BCUT2D eigenvalue weighted by Crippen LogP contribution is -2.72. The molecule has 2 fully saturated rings. The van der Waals surface area contributed by atoms with E-state index in [2.05, 4.69) is 30.9 Å². The van der Waals surface area contributed by atoms with E-state index in [9.17, 15) is 32.8 Å². The predicted molar refractivity (Wildman–Crippen MR) is 327 cm³/mol. The first-order chi connectivity index (χ1) is 41.6. The van der Waals surface area contributed by atoms with E-state index in [1.807, 2.05) is 20.8 Å². The summed E-state index contributed by atoms with van der Waals surface area (Å²) >= 11 is 6.59. The lowest BCUT2D eigenvalue weighted by molar-refractivity contribution is -0.555. The Kier molecular flexibility index (Phi) is 21.1. The Morgan fingerprint density at radius 3 is 2.34 bits per heavy atom. The van der Waals surface area contributed by atoms with Crippen molar-refractivity contribution in [2.45, 2.75) is 115 Å². The summed E-state index contributed by atoms with van der Waals surface area (Å²) in [6.07, 6.45) is 13.9. The standard InChI is InChI=1S/C61H80ClF2N15O7/c1-66-34-41(33-65)44-29-39-14-13-22-78(49(39)32-45(44)55(63)64)57-46-36-77(61(84)68-3)27-20-48(46)79(73-57)43-18-25-75(26-19-43)53(81)15-11-9-7-6-8-10-12-21-69-58(82)38-16-23-76(24-17-38)60-70-35-47(62)56(72-60)71-42-28-40-30-51(86-37-52(80)67-2)59(83)74(4)54(40)50(31-42)85-5/h28-35,38,43,55,65-66H,6-27,36-37H2,1-5H3,(H,67,80)(H,68,84)(H,69,82)(H,70,71,72)/p+1/b41-34+,65-33?. The summed E-state index contributed by atoms with van der Waals surface area (Å²) in [4.78, 5) is 81.6. The third-order valence-corrected chi connectivity index (χ3v) is 17.3. The summed E-state index contributed by atoms with van der Waals surface area (Å²) in [6.45, 7) is 4.21. The minimum absolute atomic E-state index is 0.0124. The molecule has 4 aliphatic rings. The molecule has 2 aromatic carbocycles. The fourth-order valence-corrected chi connectivity index (χ4v) is 12.5. The van der Waals surface area contributed by atoms with Crippen LogP contribution in [0.2, 0.25) is 5.02 Å². The second-order valence-electron chi connectivity index (χ2n) is 22.5. The number of piperidine rings is 2. The topological polar surface area (TPSA) is 254 Å². The van der Waals surface area contributed by atoms with Gasteiger partial charge in [-0.15, -0.1) is 0 Å². The second-order valence-corrected chi connectivity index (χ2v) is 22.9. The average Bonchev–Trinajstić information content (AvgIpc) is 2.91. The van der Waals surface area contributed by atoms with Crippen LogP contribution in [-0.4, -0.2) is 145 Å². The number of allylic oxidation sites excluding steroid dienone is 1. The maximum atomic E-state index is 14.8. The molecule has 0 aliphatic carbocycles. The SMILES string of the molecule is CNC(=O)COc1cc2cc(Nc3nc(N4CCC(C(=O)NCCCCCCCCCC(=O)N5CCC(n6nc(N7CCCc8cc(/C(C=N)=C/[NH2+]C)c(C(F)F)cc87)c7c6CCN(C(=O)NC)C7)CC5)CC4)ncc3Cl)cc(OC)c2n(C)c1=O. The number of methoxy groups -OCH3 is 1. The molecule has 0 radical (unpaired) electrons. The van der Waals surface area contributed by atoms with Gasteiger partial charge in [-0.2, -0.15) is 10.1 Å². The summed E-state index contributed by atoms with van der Waals surface area (Å²) in [5.41, 5.74) is 4.94. The van der Waals surface area contributed by atoms with Gasteiger partial charge < -0.3 is 65.6 Å². The molecule has 0 spiro atoms. The molecule has 0 bridgehead atoms. The molecule has 5 amide bonds. The summed E-state index contributed by atoms with van der Waals surface area (Å²) in [6, 6.07) is 8.35. The first-order valence-corrected chi connectivity index (χ1v) is 30.5. The van der Waals surface area contributed by atoms with Gasteiger partial charge in [0.1, 0.15) is 17.0 Å². The van der Waals surface area contributed by atoms with Crippen molar-refractivity contribution in [3.8, 4) is 11.5 Å². The number of hydrogen-bond donors (Lipinski definition) is 6. The minimum Gasteiger partial charge on any atom is -0.494 e. The van der Waals surface area contributed by atoms with Crippen LogP contribution in [0.5, 0.6) is 11.5 Å². The van der Waals surface area contributed by atoms with Crippen molar-refractivity contribution in [1.82, 2.24) is 50.1 Å². The van der Waals surface area contributed by atoms with Crippen molar-refractivity contribution < 1.29 is 42.7 Å². The van der Waals surface area contributed by atoms with Crippen LogP contribution in [0.1, 0.15) is 124 Å². The molecule has 9 rings (SSSR count). The first-order valence-electron chi connectivity index (χ1n) is 30.1. The zero-order valence-corrected chi connectivity index (χ0v) is 50.7. The average molecular weight is 1210 g/mol. The number of pyridine rings is 1. The van der Waals surface area contributed by atoms with E-state index >= 15 is 0 Å². The Morgan fingerprint density at radius 1 is 0.895 bits per heavy atom. The van der Waals surface area contributed by atoms with E-state index in [4.69, 9.17) is 36.6 Å². The highest BCUT2D eigenvalue weighted by Gasteiger charge is 2.36. The van der Waals surface area contributed by atoms with E-state index in [1.54, 1.807) is 61.8 Å². The number of likely N-dealkylation sites (N-methyl/N-ethyl adjacent to an activating group) is 1. The van der Waals surface area contributed by atoms with E-state index in [0.29, 0.717) is 146 Å². The highest BCUT2D eigenvalue weighted by Crippen LogP contribution is 2.43. The van der Waals surface area contributed by atoms with E-state index < -0.39 is 12.0 Å². The fourth-order valence-electron chi connectivity index (χ4n) is 12.3. The zero-order chi connectivity index (χ0) is 61.0. The monoisotopic (exact) mass is 1210 g/mol. The number of benzene rings is 2. The molecule has 2 saturated heterocycles. The zero-order valence-electron chi connectivity index (χ0n) is 49.9. The van der Waals surface area contributed by atoms with Crippen molar-refractivity contribution >= 4 is 87.0 Å². The van der Waals surface area contributed by atoms with E-state index in [-0.39, 0.29) is 53.6 Å². The molecule has 25 heteroatoms. The van der Waals surface area contributed by atoms with Crippen LogP contribution < -0.4 is 51.4 Å². The van der Waals surface area contributed by atoms with Gasteiger partial charge in [0.2, 0.25) is 17.8 Å². The predicted octanol–water partition coefficient (Wildman–Crippen LogP) is 7.28. The number of rotatable bonds is 24. The van der Waals surface area contributed by atoms with Gasteiger partial charge >= 0.3 is 6.03 Å². The van der Waals surface area contributed by atoms with Crippen molar-refractivity contribution in [2.24, 2.45) is 13.0 Å². The van der Waals surface area contributed by atoms with Gasteiger partial charge in [0.25, 0.3) is 17.9 Å². The number of hydrogen-bond acceptors (Lipinski definition) is 14. The number of nitrogens with zero attached hydrogens (tertiary/aromatic N) is 9. The number of aromatic nitrogens is 5. The molecule has 7 N–H and O–H groups in total. The maximum absolute atomic E-state index is 14.8. The molecule has 3 aromatic heterocycles. The largest absolute Gasteiger partial charge is 0.494 e. The number of ether oxygens (including phenoxy) is 2. The Labute approximate surface area is 504 Å². The van der Waals surface area contributed by atoms with Crippen molar-refractivity contribution in [3.05, 3.63) is 86.1 Å². The minimum atomic E-state index is -2.75. The lowest BCUT2D eigenvalue weighted by Gasteiger charge is -2.34. The number of halogens is 3. The Bertz CT molecular complexity index is 3380. The van der Waals surface area contributed by atoms with Gasteiger partial charge in [-0.25, -0.2) is 18.6 Å². The summed E-state index contributed by atoms with van der Waals surface area (Å²) in [5.74, 6) is 1.73. The molecule has 0 saturated carbocycles. The second kappa shape index (κ2) is 29.0. The molecular weight excluding hydrogens is 1130 g/mol. The van der Waals surface area contributed by atoms with Crippen LogP contribution >= 0.6 is 11.6 Å². The number of nitrogens with one attached hydrogen (secondary N) is 5. The molecule has 4 aliphatic heterocycles. The summed E-state index contributed by atoms with van der Waals surface area (Å²) in [5, 5.41) is 27.6. The molecule has 7 heterocycles. The Balaban J connectivity index is 0.684. The number of anilines is 5. The lowest BCUT2D eigenvalue weighted by atomic mass is 9.92. The van der Waals surface area contributed by atoms with Crippen LogP contribution in [0.3, 0.4) is 0 Å². The number of carbonyl (C=O) groups excluding carboxylic acids is 4. The van der Waals surface area contributed by atoms with Crippen LogP contribution in [0.25, 0.3) is 16.5 Å². The van der Waals surface area contributed by atoms with Crippen molar-refractivity contribution in [3.63, 3.8) is 0 Å². The molecule has 22 nitrogen and oxygen atoms in total. The number of fused-ring (bicyclic) bond motifs is 3. The molecule has 0 atom stereocenters. The van der Waals surface area contributed by atoms with Gasteiger partial charge in [0.05, 0.1) is 44.0 Å². The van der Waals surface area contributed by atoms with Gasteiger partial charge in [0.15, 0.2) is 24.0 Å². The van der Waals surface area contributed by atoms with Gasteiger partial charge in [-0.1, -0.05) is 43.7 Å². The maximum Gasteiger partial charge on any atom is 0.317 e. The number of likely N-dealkylation sites (tertiary alicyclic amines) is 1. The smallest absolute Gasteiger partial charge is 0.317 e. The molecule has 5 aromatic rings. The van der Waals surface area contributed by atoms with Gasteiger partial charge in [0, 0.05) is 132 Å². The van der Waals surface area contributed by atoms with Crippen molar-refractivity contribution in [2.75, 3.05) is 95.8 Å². The summed E-state index contributed by atoms with van der Waals surface area (Å²) in [7, 11) is 8.01. The number of carbonyl (C=O) groups is 4. The quantitative estimate of drug-likeness (QED) is 0.0263. The third kappa shape index (κ3) is 14.3. The van der Waals surface area contributed by atoms with Crippen LogP contribution in [-0.2, 0) is 40.8 Å². The van der Waals surface area contributed by atoms with Crippen LogP contribution in [0.4, 0.5) is 42.5 Å². The highest BCUT2D eigenvalue weighted by atomic mass is 35.5. The Hall–Kier alpha value is -7.86. The number of aryl methyl sites for hydroxylation is 2. The number of amides is 5. The van der Waals surface area contributed by atoms with E-state index in [1.165, 1.54) is 24.9 Å². The molecule has 86 heavy (non-hydrogen) atoms. The molecule has 0 unspecified atom stereocenters. The number of alkyl halides is 2. The number of urea groups is 1. The Morgan fingerprint density at radius 2 is 1.64 bits per heavy atom. The van der Waals surface area contributed by atoms with Crippen LogP contribution in [0.15, 0.2) is 47.5 Å². The normalized spacial score (nSPS) is 15.8. The highest BCUT2D eigenvalue weighted by molar-refractivity contribution is 6.33. The fraction of sp³-hybridized carbons (Fsp3) is 0.525. The van der Waals surface area contributed by atoms with Crippen molar-refractivity contribution in [1.29, 1.82) is 5.41 Å². The third-order valence-electron chi connectivity index (χ3n) is 17.0. The van der Waals surface area contributed by atoms with E-state index in [0.717, 1.165) is 87.2 Å². The van der Waals surface area contributed by atoms with Crippen LogP contribution in [0, 0.1) is 11.3 Å². The first kappa shape index (κ1) is 62.7. The summed E-state index contributed by atoms with van der Waals surface area (Å²) < 4.78 is 44.2. The number of unbranched alkanes of at least 4 members (excludes halogenated alkanes) is 6. The number of quaternary nitrogens is 1. The molecule has 462 valence electrons. The number of nitrogens with two attached hydrogens (primary N) is 1. The van der Waals surface area contributed by atoms with Gasteiger partial charge in [-0.3, -0.25) is 23.9 Å².